The van der Waals surface area contributed by atoms with Gasteiger partial charge in [0.15, 0.2) is 11.2 Å². The SMILES string of the molecule is C[C@H]1c2c(Cl)cc(Cl)cc2CCN1C(=O)[C@]12C[C@H](CO1)N(c1cncc3nc(N)oc13)C2. The highest BCUT2D eigenvalue weighted by Gasteiger charge is 2.58. The number of nitrogens with two attached hydrogens (primary N) is 1. The summed E-state index contributed by atoms with van der Waals surface area (Å²) in [5.41, 5.74) is 8.85. The van der Waals surface area contributed by atoms with Crippen LogP contribution < -0.4 is 10.6 Å². The zero-order valence-electron chi connectivity index (χ0n) is 17.3. The second-order valence-corrected chi connectivity index (χ2v) is 9.58. The Bertz CT molecular complexity index is 1260. The van der Waals surface area contributed by atoms with E-state index in [9.17, 15) is 4.79 Å². The van der Waals surface area contributed by atoms with Gasteiger partial charge in [-0.1, -0.05) is 23.2 Å². The molecule has 1 amide bonds. The van der Waals surface area contributed by atoms with Crippen LogP contribution in [0.4, 0.5) is 11.7 Å². The predicted molar refractivity (Wildman–Crippen MR) is 121 cm³/mol. The molecule has 8 nitrogen and oxygen atoms in total. The van der Waals surface area contributed by atoms with Crippen molar-refractivity contribution in [1.82, 2.24) is 14.9 Å². The summed E-state index contributed by atoms with van der Waals surface area (Å²) < 4.78 is 11.8. The summed E-state index contributed by atoms with van der Waals surface area (Å²) in [4.78, 5) is 26.3. The summed E-state index contributed by atoms with van der Waals surface area (Å²) in [7, 11) is 0. The van der Waals surface area contributed by atoms with Crippen LogP contribution in [0.1, 0.15) is 30.5 Å². The summed E-state index contributed by atoms with van der Waals surface area (Å²) in [6, 6.07) is 3.66. The van der Waals surface area contributed by atoms with Gasteiger partial charge in [-0.15, -0.1) is 0 Å². The largest absolute Gasteiger partial charge is 0.421 e. The number of aromatic nitrogens is 2. The Kier molecular flexibility index (Phi) is 4.38. The lowest BCUT2D eigenvalue weighted by Gasteiger charge is -2.41. The van der Waals surface area contributed by atoms with Gasteiger partial charge in [-0.25, -0.2) is 0 Å². The Balaban J connectivity index is 1.32. The van der Waals surface area contributed by atoms with E-state index < -0.39 is 5.60 Å². The molecule has 2 N–H and O–H groups in total. The van der Waals surface area contributed by atoms with Gasteiger partial charge in [0.05, 0.1) is 37.6 Å². The smallest absolute Gasteiger partial charge is 0.293 e. The first kappa shape index (κ1) is 20.1. The van der Waals surface area contributed by atoms with Gasteiger partial charge in [0.2, 0.25) is 0 Å². The molecule has 0 aliphatic carbocycles. The van der Waals surface area contributed by atoms with Crippen molar-refractivity contribution in [2.24, 2.45) is 0 Å². The molecule has 3 atom stereocenters. The van der Waals surface area contributed by atoms with Crippen LogP contribution in [0.2, 0.25) is 10.0 Å². The Labute approximate surface area is 194 Å². The number of benzene rings is 1. The number of hydrogen-bond donors (Lipinski definition) is 1. The van der Waals surface area contributed by atoms with Crippen molar-refractivity contribution in [2.75, 3.05) is 30.3 Å². The number of oxazole rings is 1. The molecule has 3 aromatic rings. The van der Waals surface area contributed by atoms with Crippen LogP contribution in [0.5, 0.6) is 0 Å². The lowest BCUT2D eigenvalue weighted by Crippen LogP contribution is -2.55. The van der Waals surface area contributed by atoms with Crippen molar-refractivity contribution in [3.63, 3.8) is 0 Å². The fourth-order valence-electron chi connectivity index (χ4n) is 5.47. The number of amides is 1. The molecule has 2 bridgehead atoms. The van der Waals surface area contributed by atoms with Gasteiger partial charge in [-0.3, -0.25) is 9.78 Å². The third-order valence-corrected chi connectivity index (χ3v) is 7.46. The van der Waals surface area contributed by atoms with E-state index in [1.807, 2.05) is 17.9 Å². The number of rotatable bonds is 2. The van der Waals surface area contributed by atoms with Crippen molar-refractivity contribution in [3.05, 3.63) is 45.7 Å². The highest BCUT2D eigenvalue weighted by Crippen LogP contribution is 2.45. The number of anilines is 2. The molecule has 3 aliphatic heterocycles. The molecule has 32 heavy (non-hydrogen) atoms. The highest BCUT2D eigenvalue weighted by atomic mass is 35.5. The molecule has 0 saturated carbocycles. The third kappa shape index (κ3) is 2.82. The third-order valence-electron chi connectivity index (χ3n) is 6.93. The second kappa shape index (κ2) is 6.97. The van der Waals surface area contributed by atoms with Crippen LogP contribution >= 0.6 is 23.2 Å². The Morgan fingerprint density at radius 1 is 1.31 bits per heavy atom. The van der Waals surface area contributed by atoms with Gasteiger partial charge in [0.25, 0.3) is 11.9 Å². The minimum atomic E-state index is -0.914. The number of pyridine rings is 1. The van der Waals surface area contributed by atoms with E-state index >= 15 is 0 Å². The normalized spacial score (nSPS) is 26.7. The minimum absolute atomic E-state index is 0.0103. The maximum Gasteiger partial charge on any atom is 0.293 e. The van der Waals surface area contributed by atoms with E-state index in [-0.39, 0.29) is 24.0 Å². The number of ether oxygens (including phenoxy) is 1. The Hall–Kier alpha value is -2.55. The van der Waals surface area contributed by atoms with E-state index in [0.29, 0.717) is 53.7 Å². The predicted octanol–water partition coefficient (Wildman–Crippen LogP) is 3.61. The first-order valence-corrected chi connectivity index (χ1v) is 11.3. The van der Waals surface area contributed by atoms with Crippen LogP contribution in [0.15, 0.2) is 28.9 Å². The van der Waals surface area contributed by atoms with E-state index in [4.69, 9.17) is 38.1 Å². The summed E-state index contributed by atoms with van der Waals surface area (Å²) in [5, 5.41) is 1.21. The van der Waals surface area contributed by atoms with Gasteiger partial charge in [0.1, 0.15) is 11.2 Å². The maximum atomic E-state index is 13.9. The van der Waals surface area contributed by atoms with Crippen molar-refractivity contribution < 1.29 is 13.9 Å². The molecule has 0 radical (unpaired) electrons. The average molecular weight is 474 g/mol. The fraction of sp³-hybridized carbons (Fsp3) is 0.409. The minimum Gasteiger partial charge on any atom is -0.421 e. The number of carbonyl (C=O) groups excluding carboxylic acids is 1. The lowest BCUT2D eigenvalue weighted by atomic mass is 9.91. The molecular formula is C22H21Cl2N5O3. The number of nitrogens with zero attached hydrogens (tertiary/aromatic N) is 4. The van der Waals surface area contributed by atoms with Gasteiger partial charge < -0.3 is 24.7 Å². The number of morpholine rings is 1. The van der Waals surface area contributed by atoms with Crippen molar-refractivity contribution in [3.8, 4) is 0 Å². The highest BCUT2D eigenvalue weighted by molar-refractivity contribution is 6.35. The van der Waals surface area contributed by atoms with Gasteiger partial charge in [0, 0.05) is 23.0 Å². The summed E-state index contributed by atoms with van der Waals surface area (Å²) in [6.07, 6.45) is 4.66. The van der Waals surface area contributed by atoms with E-state index in [0.717, 1.165) is 16.8 Å². The molecule has 0 spiro atoms. The average Bonchev–Trinajstić information content (AvgIpc) is 3.45. The quantitative estimate of drug-likeness (QED) is 0.606. The van der Waals surface area contributed by atoms with Gasteiger partial charge >= 0.3 is 0 Å². The molecule has 2 aromatic heterocycles. The fourth-order valence-corrected chi connectivity index (χ4v) is 6.16. The van der Waals surface area contributed by atoms with E-state index in [1.165, 1.54) is 0 Å². The standard InChI is InChI=1S/C22H21Cl2N5O3/c1-11-18-12(4-13(23)5-15(18)24)2-3-28(11)20(30)22-6-14(9-31-22)29(10-22)17-8-26-7-16-19(17)32-21(25)27-16/h4-5,7-8,11,14H,2-3,6,9-10H2,1H3,(H2,25,27)/t11-,14+,22+/m0/s1. The molecule has 0 unspecified atom stereocenters. The zero-order chi connectivity index (χ0) is 22.2. The van der Waals surface area contributed by atoms with Crippen LogP contribution in [0, 0.1) is 0 Å². The van der Waals surface area contributed by atoms with Crippen molar-refractivity contribution in [1.29, 1.82) is 0 Å². The number of nitrogen functional groups attached to an aromatic ring is 1. The van der Waals surface area contributed by atoms with Crippen LogP contribution in [-0.4, -0.2) is 52.1 Å². The molecule has 2 saturated heterocycles. The Morgan fingerprint density at radius 2 is 2.16 bits per heavy atom. The number of hydrogen-bond acceptors (Lipinski definition) is 7. The molecule has 6 rings (SSSR count). The number of fused-ring (bicyclic) bond motifs is 4. The number of halogens is 2. The lowest BCUT2D eigenvalue weighted by molar-refractivity contribution is -0.155. The van der Waals surface area contributed by atoms with Gasteiger partial charge in [-0.05, 0) is 36.6 Å². The molecule has 166 valence electrons. The molecule has 1 aromatic carbocycles. The van der Waals surface area contributed by atoms with Crippen LogP contribution in [0.3, 0.4) is 0 Å². The second-order valence-electron chi connectivity index (χ2n) is 8.74. The number of carbonyl (C=O) groups is 1. The van der Waals surface area contributed by atoms with Gasteiger partial charge in [-0.2, -0.15) is 4.98 Å². The van der Waals surface area contributed by atoms with Crippen LogP contribution in [-0.2, 0) is 16.0 Å². The first-order chi connectivity index (χ1) is 15.4. The maximum absolute atomic E-state index is 13.9. The molecule has 10 heteroatoms. The molecule has 5 heterocycles. The molecule has 2 fully saturated rings. The molecule has 3 aliphatic rings. The molecular weight excluding hydrogens is 453 g/mol. The van der Waals surface area contributed by atoms with Crippen LogP contribution in [0.25, 0.3) is 11.1 Å². The monoisotopic (exact) mass is 473 g/mol. The van der Waals surface area contributed by atoms with E-state index in [2.05, 4.69) is 14.9 Å². The van der Waals surface area contributed by atoms with Crippen molar-refractivity contribution >= 4 is 51.9 Å². The topological polar surface area (TPSA) is 97.7 Å². The van der Waals surface area contributed by atoms with E-state index in [1.54, 1.807) is 18.5 Å². The Morgan fingerprint density at radius 3 is 3.00 bits per heavy atom. The summed E-state index contributed by atoms with van der Waals surface area (Å²) >= 11 is 12.7. The van der Waals surface area contributed by atoms with Crippen molar-refractivity contribution in [2.45, 2.75) is 37.5 Å². The first-order valence-electron chi connectivity index (χ1n) is 10.6. The summed E-state index contributed by atoms with van der Waals surface area (Å²) in [5.74, 6) is -0.0103. The summed E-state index contributed by atoms with van der Waals surface area (Å²) in [6.45, 7) is 3.48. The zero-order valence-corrected chi connectivity index (χ0v) is 18.9.